The number of halogens is 2. The predicted octanol–water partition coefficient (Wildman–Crippen LogP) is 0.643. The molecule has 1 unspecified atom stereocenters. The Labute approximate surface area is 119 Å². The summed E-state index contributed by atoms with van der Waals surface area (Å²) < 4.78 is 29.0. The molecule has 1 fully saturated rings. The van der Waals surface area contributed by atoms with Gasteiger partial charge in [-0.1, -0.05) is 0 Å². The van der Waals surface area contributed by atoms with Crippen molar-refractivity contribution in [3.63, 3.8) is 0 Å². The summed E-state index contributed by atoms with van der Waals surface area (Å²) >= 11 is 0. The Kier molecular flexibility index (Phi) is 3.25. The Morgan fingerprint density at radius 3 is 3.14 bits per heavy atom. The maximum atomic E-state index is 13.8. The fraction of sp³-hybridized carbons (Fsp3) is 0.385. The van der Waals surface area contributed by atoms with Crippen LogP contribution in [0.5, 0.6) is 0 Å². The van der Waals surface area contributed by atoms with E-state index < -0.39 is 17.9 Å². The standard InChI is InChI=1S/C13H15F2N5O/c14-13(15)2-3-17-7-11(13)19-12(21)9-6-18-20-4-1-8(16)5-10(9)20/h1,4-6,11,17H,2-3,7,16H2,(H,19,21). The van der Waals surface area contributed by atoms with Crippen molar-refractivity contribution in [2.45, 2.75) is 18.4 Å². The van der Waals surface area contributed by atoms with Gasteiger partial charge >= 0.3 is 0 Å². The molecule has 0 saturated carbocycles. The number of hydrogen-bond donors (Lipinski definition) is 3. The summed E-state index contributed by atoms with van der Waals surface area (Å²) in [6, 6.07) is 2.00. The van der Waals surface area contributed by atoms with Crippen LogP contribution in [0.25, 0.3) is 5.52 Å². The molecule has 1 atom stereocenters. The van der Waals surface area contributed by atoms with Crippen LogP contribution >= 0.6 is 0 Å². The average molecular weight is 295 g/mol. The highest BCUT2D eigenvalue weighted by molar-refractivity contribution is 6.01. The topological polar surface area (TPSA) is 84.5 Å². The van der Waals surface area contributed by atoms with Crippen molar-refractivity contribution in [3.05, 3.63) is 30.1 Å². The van der Waals surface area contributed by atoms with Gasteiger partial charge in [0.2, 0.25) is 0 Å². The molecule has 2 aromatic heterocycles. The lowest BCUT2D eigenvalue weighted by Crippen LogP contribution is -2.57. The van der Waals surface area contributed by atoms with Gasteiger partial charge in [-0.3, -0.25) is 4.79 Å². The molecule has 6 nitrogen and oxygen atoms in total. The highest BCUT2D eigenvalue weighted by Crippen LogP contribution is 2.25. The second-order valence-corrected chi connectivity index (χ2v) is 5.09. The lowest BCUT2D eigenvalue weighted by molar-refractivity contribution is -0.0542. The maximum absolute atomic E-state index is 13.8. The zero-order valence-corrected chi connectivity index (χ0v) is 11.1. The van der Waals surface area contributed by atoms with Gasteiger partial charge < -0.3 is 16.4 Å². The van der Waals surface area contributed by atoms with E-state index in [9.17, 15) is 13.6 Å². The average Bonchev–Trinajstić information content (AvgIpc) is 2.84. The van der Waals surface area contributed by atoms with E-state index in [4.69, 9.17) is 5.73 Å². The number of piperidine rings is 1. The zero-order chi connectivity index (χ0) is 15.0. The molecule has 1 amide bonds. The van der Waals surface area contributed by atoms with E-state index in [0.29, 0.717) is 11.2 Å². The molecule has 0 bridgehead atoms. The third-order valence-electron chi connectivity index (χ3n) is 3.59. The number of nitrogens with two attached hydrogens (primary N) is 1. The second-order valence-electron chi connectivity index (χ2n) is 5.09. The first-order valence-electron chi connectivity index (χ1n) is 6.60. The van der Waals surface area contributed by atoms with Crippen molar-refractivity contribution in [1.82, 2.24) is 20.2 Å². The van der Waals surface area contributed by atoms with Crippen LogP contribution in [0.2, 0.25) is 0 Å². The Bertz CT molecular complexity index is 684. The van der Waals surface area contributed by atoms with E-state index in [1.165, 1.54) is 10.7 Å². The van der Waals surface area contributed by atoms with Gasteiger partial charge in [-0.2, -0.15) is 5.10 Å². The monoisotopic (exact) mass is 295 g/mol. The molecule has 21 heavy (non-hydrogen) atoms. The van der Waals surface area contributed by atoms with Crippen molar-refractivity contribution in [1.29, 1.82) is 0 Å². The molecule has 1 aliphatic rings. The molecule has 8 heteroatoms. The number of nitrogen functional groups attached to an aromatic ring is 1. The van der Waals surface area contributed by atoms with E-state index in [1.807, 2.05) is 0 Å². The van der Waals surface area contributed by atoms with Gasteiger partial charge in [-0.15, -0.1) is 0 Å². The summed E-state index contributed by atoms with van der Waals surface area (Å²) in [5.41, 5.74) is 6.86. The fourth-order valence-corrected chi connectivity index (χ4v) is 2.39. The number of alkyl halides is 2. The minimum Gasteiger partial charge on any atom is -0.399 e. The van der Waals surface area contributed by atoms with Crippen LogP contribution in [-0.4, -0.2) is 40.6 Å². The number of nitrogens with one attached hydrogen (secondary N) is 2. The van der Waals surface area contributed by atoms with Crippen molar-refractivity contribution in [2.75, 3.05) is 18.8 Å². The number of carbonyl (C=O) groups is 1. The van der Waals surface area contributed by atoms with Crippen LogP contribution in [0.1, 0.15) is 16.8 Å². The summed E-state index contributed by atoms with van der Waals surface area (Å²) in [6.07, 6.45) is 2.66. The molecule has 2 aromatic rings. The number of carbonyl (C=O) groups excluding carboxylic acids is 1. The van der Waals surface area contributed by atoms with Crippen molar-refractivity contribution < 1.29 is 13.6 Å². The highest BCUT2D eigenvalue weighted by atomic mass is 19.3. The Balaban J connectivity index is 1.85. The molecule has 0 aromatic carbocycles. The van der Waals surface area contributed by atoms with Gasteiger partial charge in [0.05, 0.1) is 17.3 Å². The van der Waals surface area contributed by atoms with Crippen LogP contribution in [0.15, 0.2) is 24.5 Å². The first-order valence-corrected chi connectivity index (χ1v) is 6.60. The lowest BCUT2D eigenvalue weighted by Gasteiger charge is -2.32. The van der Waals surface area contributed by atoms with E-state index in [0.717, 1.165) is 0 Å². The van der Waals surface area contributed by atoms with Crippen LogP contribution in [0.3, 0.4) is 0 Å². The number of nitrogens with zero attached hydrogens (tertiary/aromatic N) is 2. The number of amides is 1. The van der Waals surface area contributed by atoms with Crippen LogP contribution in [0.4, 0.5) is 14.5 Å². The van der Waals surface area contributed by atoms with Crippen LogP contribution in [0, 0.1) is 0 Å². The Morgan fingerprint density at radius 2 is 2.38 bits per heavy atom. The first kappa shape index (κ1) is 13.7. The molecule has 1 aliphatic heterocycles. The highest BCUT2D eigenvalue weighted by Gasteiger charge is 2.42. The minimum atomic E-state index is -2.91. The number of anilines is 1. The Hall–Kier alpha value is -2.22. The van der Waals surface area contributed by atoms with Gasteiger partial charge in [0.1, 0.15) is 6.04 Å². The van der Waals surface area contributed by atoms with Crippen LogP contribution < -0.4 is 16.4 Å². The van der Waals surface area contributed by atoms with Gasteiger partial charge in [-0.25, -0.2) is 13.3 Å². The predicted molar refractivity (Wildman–Crippen MR) is 73.3 cm³/mol. The number of fused-ring (bicyclic) bond motifs is 1. The zero-order valence-electron chi connectivity index (χ0n) is 11.1. The fourth-order valence-electron chi connectivity index (χ4n) is 2.39. The van der Waals surface area contributed by atoms with E-state index in [1.54, 1.807) is 18.3 Å². The molecule has 1 saturated heterocycles. The summed E-state index contributed by atoms with van der Waals surface area (Å²) in [4.78, 5) is 12.2. The summed E-state index contributed by atoms with van der Waals surface area (Å²) in [7, 11) is 0. The SMILES string of the molecule is Nc1ccn2ncc(C(=O)NC3CNCCC3(F)F)c2c1. The molecule has 0 spiro atoms. The maximum Gasteiger partial charge on any atom is 0.270 e. The summed E-state index contributed by atoms with van der Waals surface area (Å²) in [5, 5.41) is 9.24. The van der Waals surface area contributed by atoms with Gasteiger partial charge in [0.15, 0.2) is 0 Å². The Morgan fingerprint density at radius 1 is 1.57 bits per heavy atom. The normalized spacial score (nSPS) is 21.3. The molecular weight excluding hydrogens is 280 g/mol. The first-order chi connectivity index (χ1) is 9.97. The number of aromatic nitrogens is 2. The number of rotatable bonds is 2. The smallest absolute Gasteiger partial charge is 0.270 e. The van der Waals surface area contributed by atoms with Gasteiger partial charge in [0.25, 0.3) is 11.8 Å². The summed E-state index contributed by atoms with van der Waals surface area (Å²) in [5.74, 6) is -3.49. The molecular formula is C13H15F2N5O. The van der Waals surface area contributed by atoms with E-state index in [2.05, 4.69) is 15.7 Å². The van der Waals surface area contributed by atoms with Crippen molar-refractivity contribution in [2.24, 2.45) is 0 Å². The number of hydrogen-bond acceptors (Lipinski definition) is 4. The minimum absolute atomic E-state index is 0.0418. The molecule has 3 rings (SSSR count). The number of pyridine rings is 1. The van der Waals surface area contributed by atoms with E-state index >= 15 is 0 Å². The molecule has 3 heterocycles. The largest absolute Gasteiger partial charge is 0.399 e. The van der Waals surface area contributed by atoms with Crippen molar-refractivity contribution >= 4 is 17.1 Å². The van der Waals surface area contributed by atoms with Crippen molar-refractivity contribution in [3.8, 4) is 0 Å². The molecule has 0 aliphatic carbocycles. The second kappa shape index (κ2) is 4.96. The van der Waals surface area contributed by atoms with Gasteiger partial charge in [0, 0.05) is 31.4 Å². The summed E-state index contributed by atoms with van der Waals surface area (Å²) in [6.45, 7) is 0.284. The molecule has 0 radical (unpaired) electrons. The van der Waals surface area contributed by atoms with E-state index in [-0.39, 0.29) is 25.1 Å². The van der Waals surface area contributed by atoms with Crippen LogP contribution in [-0.2, 0) is 0 Å². The molecule has 112 valence electrons. The lowest BCUT2D eigenvalue weighted by atomic mass is 10.0. The van der Waals surface area contributed by atoms with Gasteiger partial charge in [-0.05, 0) is 12.1 Å². The quantitative estimate of drug-likeness (QED) is 0.759. The third kappa shape index (κ3) is 2.54. The third-order valence-corrected chi connectivity index (χ3v) is 3.59. The molecule has 4 N–H and O–H groups in total.